The van der Waals surface area contributed by atoms with Gasteiger partial charge in [-0.05, 0) is 43.2 Å². The van der Waals surface area contributed by atoms with Crippen LogP contribution in [0.15, 0.2) is 42.7 Å². The molecule has 0 spiro atoms. The Hall–Kier alpha value is -3.29. The van der Waals surface area contributed by atoms with Crippen LogP contribution in [0, 0.1) is 5.92 Å². The van der Waals surface area contributed by atoms with Crippen molar-refractivity contribution in [3.05, 3.63) is 42.7 Å². The Bertz CT molecular complexity index is 762. The Kier molecular flexibility index (Phi) is 6.78. The maximum absolute atomic E-state index is 12.2. The van der Waals surface area contributed by atoms with E-state index in [9.17, 15) is 19.5 Å². The molecule has 0 aliphatic carbocycles. The molecule has 0 unspecified atom stereocenters. The van der Waals surface area contributed by atoms with Gasteiger partial charge >= 0.3 is 11.9 Å². The Morgan fingerprint density at radius 3 is 2.38 bits per heavy atom. The highest BCUT2D eigenvalue weighted by Gasteiger charge is 2.26. The van der Waals surface area contributed by atoms with Gasteiger partial charge in [-0.1, -0.05) is 0 Å². The van der Waals surface area contributed by atoms with Crippen LogP contribution in [0.25, 0.3) is 11.4 Å². The number of aliphatic carboxylic acids is 1. The zero-order chi connectivity index (χ0) is 18.9. The molecule has 0 aliphatic rings. The number of carboxylic acids is 1. The van der Waals surface area contributed by atoms with Crippen LogP contribution in [-0.2, 0) is 19.1 Å². The number of ether oxygens (including phenoxy) is 1. The third kappa shape index (κ3) is 5.37. The first kappa shape index (κ1) is 19.0. The van der Waals surface area contributed by atoms with Crippen molar-refractivity contribution in [3.63, 3.8) is 0 Å². The normalized spacial score (nSPS) is 11.4. The molecule has 2 aromatic rings. The van der Waals surface area contributed by atoms with Crippen molar-refractivity contribution >= 4 is 23.5 Å². The number of amides is 1. The molecule has 26 heavy (non-hydrogen) atoms. The van der Waals surface area contributed by atoms with E-state index in [0.29, 0.717) is 11.5 Å². The summed E-state index contributed by atoms with van der Waals surface area (Å²) in [6, 6.07) is 8.48. The monoisotopic (exact) mass is 357 g/mol. The number of nitrogens with one attached hydrogen (secondary N) is 1. The lowest BCUT2D eigenvalue weighted by molar-refractivity contribution is -0.147. The SMILES string of the molecule is COC(=O)CCC[C@H](C(=O)O)C(=O)Nc1ccc(-c2ncccn2)cc1. The van der Waals surface area contributed by atoms with Crippen LogP contribution < -0.4 is 5.32 Å². The highest BCUT2D eigenvalue weighted by atomic mass is 16.5. The molecule has 1 aromatic carbocycles. The van der Waals surface area contributed by atoms with Gasteiger partial charge in [0.05, 0.1) is 7.11 Å². The molecule has 0 aliphatic heterocycles. The van der Waals surface area contributed by atoms with Crippen LogP contribution in [0.3, 0.4) is 0 Å². The van der Waals surface area contributed by atoms with Gasteiger partial charge in [0, 0.05) is 30.1 Å². The number of rotatable bonds is 8. The van der Waals surface area contributed by atoms with E-state index in [1.807, 2.05) is 0 Å². The molecular weight excluding hydrogens is 338 g/mol. The van der Waals surface area contributed by atoms with Gasteiger partial charge in [-0.3, -0.25) is 14.4 Å². The Labute approximate surface area is 150 Å². The minimum absolute atomic E-state index is 0.0478. The van der Waals surface area contributed by atoms with E-state index in [0.717, 1.165) is 5.56 Å². The molecule has 1 aromatic heterocycles. The molecule has 1 amide bonds. The summed E-state index contributed by atoms with van der Waals surface area (Å²) >= 11 is 0. The third-order valence-corrected chi connectivity index (χ3v) is 3.69. The average Bonchev–Trinajstić information content (AvgIpc) is 2.65. The number of anilines is 1. The number of nitrogens with zero attached hydrogens (tertiary/aromatic N) is 2. The van der Waals surface area contributed by atoms with Crippen LogP contribution >= 0.6 is 0 Å². The summed E-state index contributed by atoms with van der Waals surface area (Å²) < 4.78 is 4.50. The summed E-state index contributed by atoms with van der Waals surface area (Å²) in [5, 5.41) is 11.8. The molecule has 0 radical (unpaired) electrons. The summed E-state index contributed by atoms with van der Waals surface area (Å²) in [5.41, 5.74) is 1.24. The minimum atomic E-state index is -1.24. The van der Waals surface area contributed by atoms with E-state index < -0.39 is 23.8 Å². The van der Waals surface area contributed by atoms with Gasteiger partial charge < -0.3 is 15.2 Å². The maximum atomic E-state index is 12.2. The Morgan fingerprint density at radius 1 is 1.15 bits per heavy atom. The van der Waals surface area contributed by atoms with Crippen LogP contribution in [0.5, 0.6) is 0 Å². The van der Waals surface area contributed by atoms with E-state index in [2.05, 4.69) is 20.0 Å². The van der Waals surface area contributed by atoms with Gasteiger partial charge in [0.25, 0.3) is 0 Å². The summed E-state index contributed by atoms with van der Waals surface area (Å²) in [5.74, 6) is -2.99. The number of hydrogen-bond donors (Lipinski definition) is 2. The smallest absolute Gasteiger partial charge is 0.316 e. The van der Waals surface area contributed by atoms with Gasteiger partial charge in [0.1, 0.15) is 5.92 Å². The zero-order valence-electron chi connectivity index (χ0n) is 14.2. The maximum Gasteiger partial charge on any atom is 0.316 e. The molecule has 2 rings (SSSR count). The fourth-order valence-corrected chi connectivity index (χ4v) is 2.30. The number of carboxylic acid groups (broad SMARTS) is 1. The average molecular weight is 357 g/mol. The van der Waals surface area contributed by atoms with Crippen LogP contribution in [0.2, 0.25) is 0 Å². The molecule has 1 atom stereocenters. The summed E-state index contributed by atoms with van der Waals surface area (Å²) in [7, 11) is 1.26. The number of hydrogen-bond acceptors (Lipinski definition) is 6. The molecule has 0 saturated carbocycles. The molecule has 8 heteroatoms. The number of esters is 1. The molecule has 2 N–H and O–H groups in total. The topological polar surface area (TPSA) is 118 Å². The largest absolute Gasteiger partial charge is 0.481 e. The third-order valence-electron chi connectivity index (χ3n) is 3.69. The second kappa shape index (κ2) is 9.26. The van der Waals surface area contributed by atoms with Crippen LogP contribution in [0.4, 0.5) is 5.69 Å². The Morgan fingerprint density at radius 2 is 1.81 bits per heavy atom. The van der Waals surface area contributed by atoms with Gasteiger partial charge in [0.15, 0.2) is 5.82 Å². The van der Waals surface area contributed by atoms with Crippen molar-refractivity contribution in [1.82, 2.24) is 9.97 Å². The van der Waals surface area contributed by atoms with E-state index in [4.69, 9.17) is 0 Å². The molecule has 0 saturated heterocycles. The number of methoxy groups -OCH3 is 1. The highest BCUT2D eigenvalue weighted by molar-refractivity contribution is 6.04. The molecule has 1 heterocycles. The highest BCUT2D eigenvalue weighted by Crippen LogP contribution is 2.19. The van der Waals surface area contributed by atoms with E-state index in [1.165, 1.54) is 7.11 Å². The molecule has 0 bridgehead atoms. The first-order valence-electron chi connectivity index (χ1n) is 7.99. The van der Waals surface area contributed by atoms with Crippen molar-refractivity contribution in [2.75, 3.05) is 12.4 Å². The van der Waals surface area contributed by atoms with Gasteiger partial charge in [-0.25, -0.2) is 9.97 Å². The van der Waals surface area contributed by atoms with E-state index in [1.54, 1.807) is 42.7 Å². The lowest BCUT2D eigenvalue weighted by Gasteiger charge is -2.13. The minimum Gasteiger partial charge on any atom is -0.481 e. The number of carbonyl (C=O) groups is 3. The quantitative estimate of drug-likeness (QED) is 0.549. The van der Waals surface area contributed by atoms with E-state index >= 15 is 0 Å². The van der Waals surface area contributed by atoms with Crippen LogP contribution in [-0.4, -0.2) is 40.0 Å². The lowest BCUT2D eigenvalue weighted by atomic mass is 10.0. The molecule has 8 nitrogen and oxygen atoms in total. The molecule has 136 valence electrons. The fraction of sp³-hybridized carbons (Fsp3) is 0.278. The molecule has 0 fully saturated rings. The summed E-state index contributed by atoms with van der Waals surface area (Å²) in [4.78, 5) is 42.9. The predicted octanol–water partition coefficient (Wildman–Crippen LogP) is 2.13. The van der Waals surface area contributed by atoms with Crippen molar-refractivity contribution in [2.24, 2.45) is 5.92 Å². The van der Waals surface area contributed by atoms with Crippen molar-refractivity contribution in [2.45, 2.75) is 19.3 Å². The Balaban J connectivity index is 1.97. The summed E-state index contributed by atoms with van der Waals surface area (Å²) in [6.07, 6.45) is 3.63. The standard InChI is InChI=1S/C18H19N3O5/c1-26-15(22)5-2-4-14(18(24)25)17(23)21-13-8-6-12(7-9-13)16-19-10-3-11-20-16/h3,6-11,14H,2,4-5H2,1H3,(H,21,23)(H,24,25)/t14-/m0/s1. The second-order valence-corrected chi connectivity index (χ2v) is 5.50. The van der Waals surface area contributed by atoms with Gasteiger partial charge in [0.2, 0.25) is 5.91 Å². The number of carbonyl (C=O) groups excluding carboxylic acids is 2. The van der Waals surface area contributed by atoms with Gasteiger partial charge in [-0.2, -0.15) is 0 Å². The second-order valence-electron chi connectivity index (χ2n) is 5.50. The summed E-state index contributed by atoms with van der Waals surface area (Å²) in [6.45, 7) is 0. The fourth-order valence-electron chi connectivity index (χ4n) is 2.30. The van der Waals surface area contributed by atoms with Crippen molar-refractivity contribution < 1.29 is 24.2 Å². The first-order chi connectivity index (χ1) is 12.5. The van der Waals surface area contributed by atoms with Crippen molar-refractivity contribution in [3.8, 4) is 11.4 Å². The van der Waals surface area contributed by atoms with Crippen LogP contribution in [0.1, 0.15) is 19.3 Å². The first-order valence-corrected chi connectivity index (χ1v) is 7.99. The predicted molar refractivity (Wildman–Crippen MR) is 93.1 cm³/mol. The lowest BCUT2D eigenvalue weighted by Crippen LogP contribution is -2.29. The molecular formula is C18H19N3O5. The van der Waals surface area contributed by atoms with Crippen molar-refractivity contribution in [1.29, 1.82) is 0 Å². The number of aromatic nitrogens is 2. The van der Waals surface area contributed by atoms with E-state index in [-0.39, 0.29) is 19.3 Å². The van der Waals surface area contributed by atoms with Gasteiger partial charge in [-0.15, -0.1) is 0 Å². The zero-order valence-corrected chi connectivity index (χ0v) is 14.2. The number of benzene rings is 1.